The van der Waals surface area contributed by atoms with Gasteiger partial charge in [-0.3, -0.25) is 4.79 Å². The van der Waals surface area contributed by atoms with Crippen LogP contribution in [0.5, 0.6) is 0 Å². The maximum Gasteiger partial charge on any atom is 0.226 e. The number of sulfone groups is 1. The lowest BCUT2D eigenvalue weighted by molar-refractivity contribution is -0.121. The maximum absolute atomic E-state index is 11.5. The van der Waals surface area contributed by atoms with Gasteiger partial charge in [-0.25, -0.2) is 13.4 Å². The zero-order valence-corrected chi connectivity index (χ0v) is 9.37. The molecule has 1 aromatic rings. The quantitative estimate of drug-likeness (QED) is 0.775. The van der Waals surface area contributed by atoms with Crippen LogP contribution in [0.15, 0.2) is 17.1 Å². The number of hydrogen-bond donors (Lipinski definition) is 1. The average molecular weight is 244 g/mol. The molecule has 1 aliphatic rings. The summed E-state index contributed by atoms with van der Waals surface area (Å²) < 4.78 is 27.1. The zero-order valence-electron chi connectivity index (χ0n) is 8.55. The van der Waals surface area contributed by atoms with E-state index >= 15 is 0 Å². The van der Waals surface area contributed by atoms with Gasteiger partial charge >= 0.3 is 0 Å². The predicted octanol–water partition coefficient (Wildman–Crippen LogP) is -0.480. The summed E-state index contributed by atoms with van der Waals surface area (Å²) in [5.74, 6) is -0.0320. The van der Waals surface area contributed by atoms with Crippen LogP contribution in [0.2, 0.25) is 0 Å². The molecule has 0 aromatic carbocycles. The number of nitrogens with one attached hydrogen (secondary N) is 1. The van der Waals surface area contributed by atoms with Crippen LogP contribution in [0.4, 0.5) is 0 Å². The minimum atomic E-state index is -2.95. The number of rotatable bonds is 3. The second-order valence-corrected chi connectivity index (χ2v) is 6.05. The Morgan fingerprint density at radius 2 is 2.44 bits per heavy atom. The van der Waals surface area contributed by atoms with Crippen molar-refractivity contribution in [3.8, 4) is 0 Å². The third-order valence-corrected chi connectivity index (χ3v) is 4.19. The molecule has 1 fully saturated rings. The SMILES string of the molecule is O=C(Cc1cocn1)NC1CCS(=O)(=O)C1. The minimum absolute atomic E-state index is 0.0392. The summed E-state index contributed by atoms with van der Waals surface area (Å²) in [6.07, 6.45) is 3.26. The maximum atomic E-state index is 11.5. The molecule has 7 heteroatoms. The van der Waals surface area contributed by atoms with Gasteiger partial charge in [-0.2, -0.15) is 0 Å². The predicted molar refractivity (Wildman–Crippen MR) is 55.4 cm³/mol. The summed E-state index contributed by atoms with van der Waals surface area (Å²) in [6.45, 7) is 0. The van der Waals surface area contributed by atoms with E-state index in [1.165, 1.54) is 12.7 Å². The normalized spacial score (nSPS) is 23.1. The molecular weight excluding hydrogens is 232 g/mol. The summed E-state index contributed by atoms with van der Waals surface area (Å²) in [6, 6.07) is -0.260. The fraction of sp³-hybridized carbons (Fsp3) is 0.556. The molecule has 16 heavy (non-hydrogen) atoms. The van der Waals surface area contributed by atoms with Gasteiger partial charge in [0.25, 0.3) is 0 Å². The third-order valence-electron chi connectivity index (χ3n) is 2.42. The first-order valence-electron chi connectivity index (χ1n) is 4.92. The smallest absolute Gasteiger partial charge is 0.226 e. The fourth-order valence-electron chi connectivity index (χ4n) is 1.68. The Bertz CT molecular complexity index is 466. The highest BCUT2D eigenvalue weighted by Crippen LogP contribution is 2.11. The van der Waals surface area contributed by atoms with Crippen molar-refractivity contribution in [1.82, 2.24) is 10.3 Å². The van der Waals surface area contributed by atoms with E-state index < -0.39 is 9.84 Å². The fourth-order valence-corrected chi connectivity index (χ4v) is 3.35. The number of oxazole rings is 1. The Morgan fingerprint density at radius 3 is 3.00 bits per heavy atom. The second kappa shape index (κ2) is 4.25. The molecule has 88 valence electrons. The Hall–Kier alpha value is -1.37. The van der Waals surface area contributed by atoms with Crippen LogP contribution in [-0.2, 0) is 21.1 Å². The molecule has 1 aliphatic heterocycles. The summed E-state index contributed by atoms with van der Waals surface area (Å²) in [5, 5.41) is 2.67. The van der Waals surface area contributed by atoms with E-state index in [2.05, 4.69) is 10.3 Å². The molecule has 0 radical (unpaired) electrons. The molecule has 0 saturated carbocycles. The Labute approximate surface area is 93.0 Å². The van der Waals surface area contributed by atoms with Gasteiger partial charge in [0.15, 0.2) is 16.2 Å². The first kappa shape index (κ1) is 11.1. The van der Waals surface area contributed by atoms with Crippen molar-refractivity contribution in [2.24, 2.45) is 0 Å². The number of aromatic nitrogens is 1. The summed E-state index contributed by atoms with van der Waals surface area (Å²) in [5.41, 5.74) is 0.540. The van der Waals surface area contributed by atoms with E-state index in [1.54, 1.807) is 0 Å². The van der Waals surface area contributed by atoms with Crippen LogP contribution in [0.1, 0.15) is 12.1 Å². The molecule has 1 saturated heterocycles. The van der Waals surface area contributed by atoms with Crippen molar-refractivity contribution in [1.29, 1.82) is 0 Å². The van der Waals surface area contributed by atoms with Crippen LogP contribution < -0.4 is 5.32 Å². The van der Waals surface area contributed by atoms with E-state index in [1.807, 2.05) is 0 Å². The van der Waals surface area contributed by atoms with E-state index in [4.69, 9.17) is 4.42 Å². The molecule has 0 spiro atoms. The van der Waals surface area contributed by atoms with Crippen LogP contribution in [0, 0.1) is 0 Å². The highest BCUT2D eigenvalue weighted by molar-refractivity contribution is 7.91. The molecule has 0 bridgehead atoms. The first-order chi connectivity index (χ1) is 7.55. The van der Waals surface area contributed by atoms with Crippen LogP contribution in [0.25, 0.3) is 0 Å². The largest absolute Gasteiger partial charge is 0.451 e. The van der Waals surface area contributed by atoms with Gasteiger partial charge in [0.05, 0.1) is 23.6 Å². The number of carbonyl (C=O) groups excluding carboxylic acids is 1. The molecule has 0 aliphatic carbocycles. The lowest BCUT2D eigenvalue weighted by atomic mass is 10.2. The van der Waals surface area contributed by atoms with Gasteiger partial charge in [-0.15, -0.1) is 0 Å². The van der Waals surface area contributed by atoms with Crippen molar-refractivity contribution in [3.63, 3.8) is 0 Å². The van der Waals surface area contributed by atoms with Gasteiger partial charge < -0.3 is 9.73 Å². The molecule has 2 rings (SSSR count). The highest BCUT2D eigenvalue weighted by Gasteiger charge is 2.28. The summed E-state index contributed by atoms with van der Waals surface area (Å²) in [7, 11) is -2.95. The van der Waals surface area contributed by atoms with E-state index in [0.717, 1.165) is 0 Å². The minimum Gasteiger partial charge on any atom is -0.451 e. The molecule has 1 amide bonds. The highest BCUT2D eigenvalue weighted by atomic mass is 32.2. The summed E-state index contributed by atoms with van der Waals surface area (Å²) >= 11 is 0. The van der Waals surface area contributed by atoms with E-state index in [-0.39, 0.29) is 29.9 Å². The molecule has 1 N–H and O–H groups in total. The van der Waals surface area contributed by atoms with Gasteiger partial charge in [0.1, 0.15) is 6.26 Å². The van der Waals surface area contributed by atoms with Gasteiger partial charge in [0.2, 0.25) is 5.91 Å². The van der Waals surface area contributed by atoms with Gasteiger partial charge in [-0.05, 0) is 6.42 Å². The molecular formula is C9H12N2O4S. The number of nitrogens with zero attached hydrogens (tertiary/aromatic N) is 1. The van der Waals surface area contributed by atoms with Crippen LogP contribution in [-0.4, -0.2) is 36.9 Å². The Kier molecular flexibility index (Phi) is 2.95. The Morgan fingerprint density at radius 1 is 1.62 bits per heavy atom. The monoisotopic (exact) mass is 244 g/mol. The van der Waals surface area contributed by atoms with Gasteiger partial charge in [-0.1, -0.05) is 0 Å². The summed E-state index contributed by atoms with van der Waals surface area (Å²) in [4.78, 5) is 15.3. The van der Waals surface area contributed by atoms with E-state index in [0.29, 0.717) is 12.1 Å². The van der Waals surface area contributed by atoms with Crippen molar-refractivity contribution < 1.29 is 17.6 Å². The standard InChI is InChI=1S/C9H12N2O4S/c12-9(3-8-4-15-6-10-8)11-7-1-2-16(13,14)5-7/h4,6-7H,1-3,5H2,(H,11,12). The van der Waals surface area contributed by atoms with Gasteiger partial charge in [0, 0.05) is 6.04 Å². The first-order valence-corrected chi connectivity index (χ1v) is 6.74. The van der Waals surface area contributed by atoms with Crippen molar-refractivity contribution >= 4 is 15.7 Å². The Balaban J connectivity index is 1.85. The van der Waals surface area contributed by atoms with Crippen molar-refractivity contribution in [2.45, 2.75) is 18.9 Å². The topological polar surface area (TPSA) is 89.3 Å². The van der Waals surface area contributed by atoms with Crippen molar-refractivity contribution in [2.75, 3.05) is 11.5 Å². The van der Waals surface area contributed by atoms with Crippen LogP contribution in [0.3, 0.4) is 0 Å². The number of amides is 1. The molecule has 2 heterocycles. The lowest BCUT2D eigenvalue weighted by Gasteiger charge is -2.09. The average Bonchev–Trinajstić information content (AvgIpc) is 2.76. The number of hydrogen-bond acceptors (Lipinski definition) is 5. The molecule has 1 aromatic heterocycles. The molecule has 1 unspecified atom stereocenters. The second-order valence-electron chi connectivity index (χ2n) is 3.82. The van der Waals surface area contributed by atoms with E-state index in [9.17, 15) is 13.2 Å². The molecule has 6 nitrogen and oxygen atoms in total. The van der Waals surface area contributed by atoms with Crippen LogP contribution >= 0.6 is 0 Å². The zero-order chi connectivity index (χ0) is 11.6. The third kappa shape index (κ3) is 2.82. The molecule has 1 atom stereocenters. The van der Waals surface area contributed by atoms with Crippen molar-refractivity contribution in [3.05, 3.63) is 18.4 Å². The lowest BCUT2D eigenvalue weighted by Crippen LogP contribution is -2.36. The number of carbonyl (C=O) groups is 1.